The summed E-state index contributed by atoms with van der Waals surface area (Å²) in [6.45, 7) is 12.5. The third-order valence-corrected chi connectivity index (χ3v) is 10.4. The standard InChI is InChI=1S/C36H40N2O12S/c1-17(37(9)33(45)49-35(3,4)5)27(39)25-29(41)21-13-11-19(15-23(21)31(25)43)51(47,48)20-12-14-22-24(16-20)32(44)26(30(22)42)28(40)18(2)38(10)34(46)50-36(6,7)8/h11-18,25-26H,1-10H3/t17-,18-,25?,26?/m0/s1. The first-order valence-electron chi connectivity index (χ1n) is 16.0. The number of sulfone groups is 1. The quantitative estimate of drug-likeness (QED) is 0.353. The zero-order chi connectivity index (χ0) is 38.7. The molecule has 0 heterocycles. The topological polar surface area (TPSA) is 196 Å². The fourth-order valence-electron chi connectivity index (χ4n) is 5.58. The molecule has 0 saturated carbocycles. The van der Waals surface area contributed by atoms with E-state index in [9.17, 15) is 46.8 Å². The van der Waals surface area contributed by atoms with Crippen molar-refractivity contribution in [3.8, 4) is 0 Å². The molecular weight excluding hydrogens is 684 g/mol. The number of hydrogen-bond acceptors (Lipinski definition) is 12. The summed E-state index contributed by atoms with van der Waals surface area (Å²) in [4.78, 5) is 106. The second-order valence-electron chi connectivity index (χ2n) is 14.6. The van der Waals surface area contributed by atoms with Crippen molar-refractivity contribution in [2.45, 2.75) is 88.5 Å². The van der Waals surface area contributed by atoms with E-state index < -0.39 is 102 Å². The predicted octanol–water partition coefficient (Wildman–Crippen LogP) is 4.16. The van der Waals surface area contributed by atoms with Gasteiger partial charge in [0.2, 0.25) is 9.84 Å². The van der Waals surface area contributed by atoms with Crippen molar-refractivity contribution >= 4 is 56.7 Å². The molecule has 0 saturated heterocycles. The zero-order valence-electron chi connectivity index (χ0n) is 30.0. The highest BCUT2D eigenvalue weighted by Gasteiger charge is 2.48. The summed E-state index contributed by atoms with van der Waals surface area (Å²) in [6.07, 6.45) is -1.69. The summed E-state index contributed by atoms with van der Waals surface area (Å²) in [6, 6.07) is 3.81. The number of likely N-dealkylation sites (N-methyl/N-ethyl adjacent to an activating group) is 2. The average molecular weight is 725 g/mol. The van der Waals surface area contributed by atoms with Gasteiger partial charge in [-0.05, 0) is 91.8 Å². The van der Waals surface area contributed by atoms with Crippen molar-refractivity contribution in [1.29, 1.82) is 0 Å². The molecule has 0 fully saturated rings. The maximum Gasteiger partial charge on any atom is 0.410 e. The van der Waals surface area contributed by atoms with Crippen molar-refractivity contribution in [2.24, 2.45) is 11.8 Å². The third kappa shape index (κ3) is 7.25. The smallest absolute Gasteiger partial charge is 0.410 e. The van der Waals surface area contributed by atoms with E-state index >= 15 is 0 Å². The molecule has 4 atom stereocenters. The van der Waals surface area contributed by atoms with E-state index in [1.54, 1.807) is 41.5 Å². The zero-order valence-corrected chi connectivity index (χ0v) is 30.8. The Labute approximate surface area is 295 Å². The predicted molar refractivity (Wildman–Crippen MR) is 180 cm³/mol. The molecule has 272 valence electrons. The lowest BCUT2D eigenvalue weighted by molar-refractivity contribution is -0.125. The van der Waals surface area contributed by atoms with Gasteiger partial charge in [-0.25, -0.2) is 18.0 Å². The number of hydrogen-bond donors (Lipinski definition) is 0. The number of rotatable bonds is 8. The van der Waals surface area contributed by atoms with Crippen LogP contribution in [0.5, 0.6) is 0 Å². The molecule has 2 aromatic carbocycles. The minimum absolute atomic E-state index is 0.175. The number of fused-ring (bicyclic) bond motifs is 2. The molecule has 0 aliphatic heterocycles. The van der Waals surface area contributed by atoms with Crippen molar-refractivity contribution < 1.29 is 56.2 Å². The van der Waals surface area contributed by atoms with Crippen LogP contribution in [0.2, 0.25) is 0 Å². The maximum absolute atomic E-state index is 13.8. The lowest BCUT2D eigenvalue weighted by Gasteiger charge is -2.28. The van der Waals surface area contributed by atoms with Gasteiger partial charge in [0.1, 0.15) is 23.0 Å². The van der Waals surface area contributed by atoms with Crippen LogP contribution >= 0.6 is 0 Å². The van der Waals surface area contributed by atoms with Crippen molar-refractivity contribution in [2.75, 3.05) is 14.1 Å². The van der Waals surface area contributed by atoms with Crippen LogP contribution in [-0.4, -0.2) is 102 Å². The van der Waals surface area contributed by atoms with Crippen LogP contribution in [0.3, 0.4) is 0 Å². The van der Waals surface area contributed by atoms with Gasteiger partial charge in [0.15, 0.2) is 34.7 Å². The van der Waals surface area contributed by atoms with Gasteiger partial charge >= 0.3 is 12.2 Å². The fraction of sp³-hybridized carbons (Fsp3) is 0.444. The molecule has 4 rings (SSSR count). The normalized spacial score (nSPS) is 18.5. The van der Waals surface area contributed by atoms with E-state index in [4.69, 9.17) is 9.47 Å². The number of nitrogens with zero attached hydrogens (tertiary/aromatic N) is 2. The Bertz CT molecular complexity index is 1880. The Balaban J connectivity index is 1.59. The minimum atomic E-state index is -4.49. The highest BCUT2D eigenvalue weighted by atomic mass is 32.2. The molecule has 0 radical (unpaired) electrons. The summed E-state index contributed by atoms with van der Waals surface area (Å²) in [7, 11) is -1.92. The lowest BCUT2D eigenvalue weighted by Crippen LogP contribution is -2.47. The number of Topliss-reactive ketones (excluding diaryl/α,β-unsaturated/α-hetero) is 6. The van der Waals surface area contributed by atoms with Crippen LogP contribution in [0.15, 0.2) is 46.2 Å². The second-order valence-corrected chi connectivity index (χ2v) is 16.5. The number of amides is 2. The first-order chi connectivity index (χ1) is 23.3. The Morgan fingerprint density at radius 3 is 1.18 bits per heavy atom. The average Bonchev–Trinajstić information content (AvgIpc) is 3.43. The number of benzene rings is 2. The fourth-order valence-corrected chi connectivity index (χ4v) is 6.89. The summed E-state index contributed by atoms with van der Waals surface area (Å²) in [5.74, 6) is -8.96. The summed E-state index contributed by atoms with van der Waals surface area (Å²) >= 11 is 0. The first kappa shape index (κ1) is 38.7. The van der Waals surface area contributed by atoms with Gasteiger partial charge in [0.25, 0.3) is 0 Å². The van der Waals surface area contributed by atoms with E-state index in [1.165, 1.54) is 27.9 Å². The molecule has 0 aromatic heterocycles. The Morgan fingerprint density at radius 1 is 0.588 bits per heavy atom. The van der Waals surface area contributed by atoms with Crippen molar-refractivity contribution in [3.63, 3.8) is 0 Å². The van der Waals surface area contributed by atoms with Gasteiger partial charge in [-0.1, -0.05) is 0 Å². The number of ketones is 6. The lowest BCUT2D eigenvalue weighted by atomic mass is 9.93. The van der Waals surface area contributed by atoms with E-state index in [2.05, 4.69) is 0 Å². The van der Waals surface area contributed by atoms with E-state index in [1.807, 2.05) is 0 Å². The molecule has 51 heavy (non-hydrogen) atoms. The molecule has 2 aliphatic carbocycles. The second kappa shape index (κ2) is 13.2. The van der Waals surface area contributed by atoms with Gasteiger partial charge in [-0.15, -0.1) is 0 Å². The van der Waals surface area contributed by atoms with Gasteiger partial charge in [0, 0.05) is 36.3 Å². The van der Waals surface area contributed by atoms with E-state index in [0.717, 1.165) is 46.2 Å². The maximum atomic E-state index is 13.8. The summed E-state index contributed by atoms with van der Waals surface area (Å²) < 4.78 is 38.1. The largest absolute Gasteiger partial charge is 0.444 e. The van der Waals surface area contributed by atoms with Crippen molar-refractivity contribution in [3.05, 3.63) is 58.7 Å². The summed E-state index contributed by atoms with van der Waals surface area (Å²) in [5, 5.41) is 0. The van der Waals surface area contributed by atoms with Crippen LogP contribution in [0, 0.1) is 11.8 Å². The third-order valence-electron chi connectivity index (χ3n) is 8.63. The minimum Gasteiger partial charge on any atom is -0.444 e. The molecule has 2 aliphatic rings. The number of carbonyl (C=O) groups is 8. The SMILES string of the molecule is C[C@@H](C(=O)C1C(=O)c2ccc(S(=O)(=O)c3ccc4c(c3)C(=O)C(C(=O)[C@H](C)N(C)C(=O)OC(C)(C)C)C4=O)cc2C1=O)N(C)C(=O)OC(C)(C)C. The Hall–Kier alpha value is -5.05. The molecule has 15 heteroatoms. The van der Waals surface area contributed by atoms with Crippen LogP contribution < -0.4 is 0 Å². The number of ether oxygens (including phenoxy) is 2. The number of carbonyl (C=O) groups excluding carboxylic acids is 8. The molecule has 2 unspecified atom stereocenters. The molecular formula is C36H40N2O12S. The van der Waals surface area contributed by atoms with Crippen LogP contribution in [0.1, 0.15) is 96.8 Å². The van der Waals surface area contributed by atoms with Crippen molar-refractivity contribution in [1.82, 2.24) is 9.80 Å². The monoisotopic (exact) mass is 724 g/mol. The van der Waals surface area contributed by atoms with Crippen LogP contribution in [0.4, 0.5) is 9.59 Å². The molecule has 0 N–H and O–H groups in total. The highest BCUT2D eigenvalue weighted by molar-refractivity contribution is 7.91. The molecule has 14 nitrogen and oxygen atoms in total. The molecule has 2 amide bonds. The highest BCUT2D eigenvalue weighted by Crippen LogP contribution is 2.35. The van der Waals surface area contributed by atoms with Gasteiger partial charge in [-0.2, -0.15) is 0 Å². The van der Waals surface area contributed by atoms with Crippen LogP contribution in [0.25, 0.3) is 0 Å². The van der Waals surface area contributed by atoms with E-state index in [0.29, 0.717) is 0 Å². The van der Waals surface area contributed by atoms with E-state index in [-0.39, 0.29) is 22.3 Å². The van der Waals surface area contributed by atoms with Gasteiger partial charge in [-0.3, -0.25) is 28.8 Å². The van der Waals surface area contributed by atoms with Gasteiger partial charge < -0.3 is 19.3 Å². The Kier molecular flexibility index (Phi) is 10.1. The van der Waals surface area contributed by atoms with Crippen LogP contribution in [-0.2, 0) is 28.9 Å². The van der Waals surface area contributed by atoms with Gasteiger partial charge in [0.05, 0.1) is 21.9 Å². The first-order valence-corrected chi connectivity index (χ1v) is 17.5. The molecule has 0 spiro atoms. The molecule has 0 bridgehead atoms. The summed E-state index contributed by atoms with van der Waals surface area (Å²) in [5.41, 5.74) is -2.72. The Morgan fingerprint density at radius 2 is 0.882 bits per heavy atom. The molecule has 2 aromatic rings.